The highest BCUT2D eigenvalue weighted by Crippen LogP contribution is 2.08. The van der Waals surface area contributed by atoms with Crippen molar-refractivity contribution >= 4 is 30.9 Å². The summed E-state index contributed by atoms with van der Waals surface area (Å²) in [5.41, 5.74) is 0. The van der Waals surface area contributed by atoms with Crippen LogP contribution in [0.15, 0.2) is 12.7 Å². The van der Waals surface area contributed by atoms with Gasteiger partial charge >= 0.3 is 0 Å². The quantitative estimate of drug-likeness (QED) is 0.419. The summed E-state index contributed by atoms with van der Waals surface area (Å²) in [6, 6.07) is 0. The van der Waals surface area contributed by atoms with Crippen LogP contribution in [0.3, 0.4) is 0 Å². The van der Waals surface area contributed by atoms with E-state index in [1.165, 1.54) is 14.7 Å². The molecule has 1 rings (SSSR count). The molecule has 1 saturated heterocycles. The Hall–Kier alpha value is -1.50. The van der Waals surface area contributed by atoms with Gasteiger partial charge in [-0.15, -0.1) is 0 Å². The first-order valence-corrected chi connectivity index (χ1v) is 5.75. The van der Waals surface area contributed by atoms with Crippen molar-refractivity contribution in [2.75, 3.05) is 25.8 Å². The van der Waals surface area contributed by atoms with Gasteiger partial charge in [-0.25, -0.2) is 0 Å². The van der Waals surface area contributed by atoms with E-state index in [1.54, 1.807) is 0 Å². The van der Waals surface area contributed by atoms with Gasteiger partial charge in [0.05, 0.1) is 20.0 Å². The summed E-state index contributed by atoms with van der Waals surface area (Å²) in [4.78, 5) is 38.1. The zero-order valence-corrected chi connectivity index (χ0v) is 10.3. The molecule has 1 aliphatic rings. The number of carbonyl (C=O) groups excluding carboxylic acids is 3. The van der Waals surface area contributed by atoms with E-state index in [1.807, 2.05) is 0 Å². The van der Waals surface area contributed by atoms with Gasteiger partial charge in [0, 0.05) is 6.42 Å². The fourth-order valence-electron chi connectivity index (χ4n) is 1.53. The van der Waals surface area contributed by atoms with Gasteiger partial charge in [-0.2, -0.15) is 12.6 Å². The molecule has 0 saturated carbocycles. The molecule has 0 aromatic heterocycles. The molecule has 0 unspecified atom stereocenters. The number of hydrogen-bond donors (Lipinski definition) is 1. The zero-order chi connectivity index (χ0) is 12.8. The topological polar surface area (TPSA) is 60.9 Å². The maximum atomic E-state index is 11.7. The molecule has 0 radical (unpaired) electrons. The van der Waals surface area contributed by atoms with Crippen molar-refractivity contribution in [2.45, 2.75) is 6.42 Å². The van der Waals surface area contributed by atoms with Gasteiger partial charge in [0.1, 0.15) is 0 Å². The maximum absolute atomic E-state index is 11.7. The monoisotopic (exact) mass is 257 g/mol. The second kappa shape index (κ2) is 6.29. The standard InChI is InChI=1S/C10H15N3O3S/c1-2-9(15)12-5-11(8-14)6-13(7-12)10(16)3-4-17/h2,8,17H,1,3-7H2. The highest BCUT2D eigenvalue weighted by molar-refractivity contribution is 7.80. The summed E-state index contributed by atoms with van der Waals surface area (Å²) in [5.74, 6) is -0.000112. The molecule has 94 valence electrons. The molecule has 7 heteroatoms. The number of rotatable bonds is 4. The summed E-state index contributed by atoms with van der Waals surface area (Å²) in [7, 11) is 0. The van der Waals surface area contributed by atoms with E-state index in [4.69, 9.17) is 0 Å². The van der Waals surface area contributed by atoms with E-state index in [9.17, 15) is 14.4 Å². The minimum atomic E-state index is -0.305. The Morgan fingerprint density at radius 1 is 1.24 bits per heavy atom. The first-order chi connectivity index (χ1) is 8.12. The van der Waals surface area contributed by atoms with Crippen molar-refractivity contribution < 1.29 is 14.4 Å². The fraction of sp³-hybridized carbons (Fsp3) is 0.500. The van der Waals surface area contributed by atoms with Crippen LogP contribution in [0.25, 0.3) is 0 Å². The predicted molar refractivity (Wildman–Crippen MR) is 64.9 cm³/mol. The molecule has 1 fully saturated rings. The van der Waals surface area contributed by atoms with Gasteiger partial charge in [-0.1, -0.05) is 6.58 Å². The minimum Gasteiger partial charge on any atom is -0.309 e. The number of carbonyl (C=O) groups is 3. The van der Waals surface area contributed by atoms with Gasteiger partial charge in [0.2, 0.25) is 18.2 Å². The largest absolute Gasteiger partial charge is 0.309 e. The Bertz CT molecular complexity index is 335. The molecule has 0 aromatic rings. The number of thiol groups is 1. The highest BCUT2D eigenvalue weighted by Gasteiger charge is 2.27. The van der Waals surface area contributed by atoms with Gasteiger partial charge < -0.3 is 14.7 Å². The number of nitrogens with zero attached hydrogens (tertiary/aromatic N) is 3. The van der Waals surface area contributed by atoms with E-state index in [-0.39, 0.29) is 38.2 Å². The molecular formula is C10H15N3O3S. The van der Waals surface area contributed by atoms with Gasteiger partial charge in [-0.3, -0.25) is 14.4 Å². The van der Waals surface area contributed by atoms with E-state index in [0.717, 1.165) is 6.08 Å². The predicted octanol–water partition coefficient (Wildman–Crippen LogP) is -0.506. The van der Waals surface area contributed by atoms with Gasteiger partial charge in [-0.05, 0) is 11.8 Å². The molecule has 1 aliphatic heterocycles. The molecular weight excluding hydrogens is 242 g/mol. The third-order valence-electron chi connectivity index (χ3n) is 2.36. The first-order valence-electron chi connectivity index (χ1n) is 5.11. The van der Waals surface area contributed by atoms with Crippen LogP contribution in [-0.4, -0.2) is 58.7 Å². The lowest BCUT2D eigenvalue weighted by molar-refractivity contribution is -0.151. The second-order valence-electron chi connectivity index (χ2n) is 3.61. The summed E-state index contributed by atoms with van der Waals surface area (Å²) in [5, 5.41) is 0. The number of hydrogen-bond acceptors (Lipinski definition) is 4. The van der Waals surface area contributed by atoms with Crippen LogP contribution in [0.2, 0.25) is 0 Å². The van der Waals surface area contributed by atoms with Crippen molar-refractivity contribution in [3.63, 3.8) is 0 Å². The summed E-state index contributed by atoms with van der Waals surface area (Å²) in [6.07, 6.45) is 2.06. The number of amides is 3. The Labute approximate surface area is 105 Å². The molecule has 3 amide bonds. The van der Waals surface area contributed by atoms with Crippen molar-refractivity contribution in [1.29, 1.82) is 0 Å². The van der Waals surface area contributed by atoms with Crippen LogP contribution >= 0.6 is 12.6 Å². The van der Waals surface area contributed by atoms with Crippen molar-refractivity contribution in [1.82, 2.24) is 14.7 Å². The smallest absolute Gasteiger partial charge is 0.248 e. The Kier molecular flexibility index (Phi) is 5.02. The highest BCUT2D eigenvalue weighted by atomic mass is 32.1. The Morgan fingerprint density at radius 3 is 2.41 bits per heavy atom. The first kappa shape index (κ1) is 13.6. The van der Waals surface area contributed by atoms with Gasteiger partial charge in [0.25, 0.3) is 0 Å². The lowest BCUT2D eigenvalue weighted by atomic mass is 10.4. The molecule has 0 spiro atoms. The third-order valence-corrected chi connectivity index (χ3v) is 2.58. The third kappa shape index (κ3) is 3.48. The average molecular weight is 257 g/mol. The van der Waals surface area contributed by atoms with Crippen LogP contribution in [0.1, 0.15) is 6.42 Å². The molecule has 0 bridgehead atoms. The Morgan fingerprint density at radius 2 is 1.88 bits per heavy atom. The van der Waals surface area contributed by atoms with E-state index >= 15 is 0 Å². The summed E-state index contributed by atoms with van der Waals surface area (Å²) in [6.45, 7) is 3.95. The van der Waals surface area contributed by atoms with Crippen molar-refractivity contribution in [3.05, 3.63) is 12.7 Å². The second-order valence-corrected chi connectivity index (χ2v) is 4.06. The molecule has 17 heavy (non-hydrogen) atoms. The van der Waals surface area contributed by atoms with Gasteiger partial charge in [0.15, 0.2) is 0 Å². The Balaban J connectivity index is 2.72. The van der Waals surface area contributed by atoms with Crippen molar-refractivity contribution in [2.24, 2.45) is 0 Å². The van der Waals surface area contributed by atoms with E-state index in [2.05, 4.69) is 19.2 Å². The van der Waals surface area contributed by atoms with Crippen LogP contribution in [0, 0.1) is 0 Å². The van der Waals surface area contributed by atoms with Crippen molar-refractivity contribution in [3.8, 4) is 0 Å². The zero-order valence-electron chi connectivity index (χ0n) is 9.41. The van der Waals surface area contributed by atoms with Crippen LogP contribution in [-0.2, 0) is 14.4 Å². The minimum absolute atomic E-state index is 0.131. The van der Waals surface area contributed by atoms with Crippen LogP contribution in [0.4, 0.5) is 0 Å². The van der Waals surface area contributed by atoms with E-state index in [0.29, 0.717) is 12.2 Å². The van der Waals surface area contributed by atoms with E-state index < -0.39 is 0 Å². The summed E-state index contributed by atoms with van der Waals surface area (Å²) < 4.78 is 0. The molecule has 0 N–H and O–H groups in total. The van der Waals surface area contributed by atoms with Crippen LogP contribution < -0.4 is 0 Å². The molecule has 1 heterocycles. The maximum Gasteiger partial charge on any atom is 0.248 e. The molecule has 0 atom stereocenters. The SMILES string of the molecule is C=CC(=O)N1CN(C=O)CN(C(=O)CCS)C1. The summed E-state index contributed by atoms with van der Waals surface area (Å²) >= 11 is 3.98. The molecule has 0 aliphatic carbocycles. The fourth-order valence-corrected chi connectivity index (χ4v) is 1.72. The average Bonchev–Trinajstić information content (AvgIpc) is 2.37. The molecule has 6 nitrogen and oxygen atoms in total. The molecule has 0 aromatic carbocycles. The normalized spacial score (nSPS) is 15.7. The lowest BCUT2D eigenvalue weighted by Gasteiger charge is -2.40. The van der Waals surface area contributed by atoms with Crippen LogP contribution in [0.5, 0.6) is 0 Å². The lowest BCUT2D eigenvalue weighted by Crippen LogP contribution is -2.57.